The summed E-state index contributed by atoms with van der Waals surface area (Å²) < 4.78 is 0. The van der Waals surface area contributed by atoms with Gasteiger partial charge in [-0.1, -0.05) is 13.0 Å². The van der Waals surface area contributed by atoms with Gasteiger partial charge >= 0.3 is 0 Å². The van der Waals surface area contributed by atoms with Crippen LogP contribution in [0.2, 0.25) is 0 Å². The first-order chi connectivity index (χ1) is 9.59. The van der Waals surface area contributed by atoms with Gasteiger partial charge in [-0.25, -0.2) is 0 Å². The van der Waals surface area contributed by atoms with Gasteiger partial charge in [0.25, 0.3) is 0 Å². The molecule has 4 rings (SSSR count). The van der Waals surface area contributed by atoms with Crippen molar-refractivity contribution in [3.05, 3.63) is 29.3 Å². The van der Waals surface area contributed by atoms with Gasteiger partial charge in [0.15, 0.2) is 0 Å². The molecule has 2 N–H and O–H groups in total. The average molecular weight is 272 g/mol. The van der Waals surface area contributed by atoms with Crippen LogP contribution in [0.5, 0.6) is 5.75 Å². The molecule has 2 unspecified atom stereocenters. The van der Waals surface area contributed by atoms with Crippen LogP contribution in [-0.4, -0.2) is 16.3 Å². The summed E-state index contributed by atoms with van der Waals surface area (Å²) in [5, 5.41) is 20.0. The van der Waals surface area contributed by atoms with Gasteiger partial charge in [0, 0.05) is 0 Å². The van der Waals surface area contributed by atoms with Gasteiger partial charge in [-0.15, -0.1) is 0 Å². The van der Waals surface area contributed by atoms with E-state index in [1.54, 1.807) is 0 Å². The topological polar surface area (TPSA) is 40.5 Å². The molecule has 1 aromatic rings. The van der Waals surface area contributed by atoms with E-state index in [1.165, 1.54) is 30.4 Å². The SMILES string of the molecule is C[C@]12CCC3c4ccc(O)cc4CC[C@H]3[C@@H]1CCC2O. The summed E-state index contributed by atoms with van der Waals surface area (Å²) in [6.07, 6.45) is 6.78. The Morgan fingerprint density at radius 2 is 2.00 bits per heavy atom. The molecule has 108 valence electrons. The fraction of sp³-hybridized carbons (Fsp3) is 0.667. The Kier molecular flexibility index (Phi) is 2.69. The van der Waals surface area contributed by atoms with Crippen LogP contribution in [0.4, 0.5) is 0 Å². The van der Waals surface area contributed by atoms with E-state index < -0.39 is 0 Å². The minimum atomic E-state index is -0.0883. The lowest BCUT2D eigenvalue weighted by Crippen LogP contribution is -2.43. The van der Waals surface area contributed by atoms with Gasteiger partial charge in [0.05, 0.1) is 6.10 Å². The number of hydrogen-bond acceptors (Lipinski definition) is 2. The molecule has 0 spiro atoms. The maximum atomic E-state index is 10.4. The van der Waals surface area contributed by atoms with E-state index in [1.807, 2.05) is 12.1 Å². The van der Waals surface area contributed by atoms with Gasteiger partial charge in [-0.05, 0) is 85.0 Å². The summed E-state index contributed by atoms with van der Waals surface area (Å²) in [4.78, 5) is 0. The molecular formula is C18H24O2. The molecule has 0 bridgehead atoms. The zero-order valence-electron chi connectivity index (χ0n) is 12.2. The van der Waals surface area contributed by atoms with E-state index >= 15 is 0 Å². The molecular weight excluding hydrogens is 248 g/mol. The van der Waals surface area contributed by atoms with E-state index in [0.717, 1.165) is 25.2 Å². The Morgan fingerprint density at radius 3 is 2.85 bits per heavy atom. The standard InChI is InChI=1S/C18H24O2/c1-18-9-8-14-13-5-3-12(19)10-11(13)2-4-15(14)16(18)6-7-17(18)20/h3,5,10,14-17,19-20H,2,4,6-9H2,1H3/t14?,15-,16+,17?,18+/m1/s1. The maximum absolute atomic E-state index is 10.4. The van der Waals surface area contributed by atoms with E-state index in [2.05, 4.69) is 13.0 Å². The molecule has 2 saturated carbocycles. The number of hydrogen-bond donors (Lipinski definition) is 2. The lowest BCUT2D eigenvalue weighted by Gasteiger charge is -2.50. The van der Waals surface area contributed by atoms with Crippen molar-refractivity contribution in [2.24, 2.45) is 17.3 Å². The second kappa shape index (κ2) is 4.24. The molecule has 0 aliphatic heterocycles. The van der Waals surface area contributed by atoms with Crippen molar-refractivity contribution in [3.63, 3.8) is 0 Å². The third kappa shape index (κ3) is 1.60. The summed E-state index contributed by atoms with van der Waals surface area (Å²) >= 11 is 0. The first-order valence-electron chi connectivity index (χ1n) is 8.09. The fourth-order valence-corrected chi connectivity index (χ4v) is 5.54. The number of aliphatic hydroxyl groups is 1. The first kappa shape index (κ1) is 12.7. The minimum absolute atomic E-state index is 0.0883. The van der Waals surface area contributed by atoms with Crippen molar-refractivity contribution in [1.29, 1.82) is 0 Å². The summed E-state index contributed by atoms with van der Waals surface area (Å²) in [6, 6.07) is 5.96. The number of benzene rings is 1. The fourth-order valence-electron chi connectivity index (χ4n) is 5.54. The van der Waals surface area contributed by atoms with Crippen molar-refractivity contribution in [3.8, 4) is 5.75 Å². The zero-order valence-corrected chi connectivity index (χ0v) is 12.2. The molecule has 3 aliphatic rings. The van der Waals surface area contributed by atoms with Crippen LogP contribution in [0, 0.1) is 17.3 Å². The second-order valence-corrected chi connectivity index (χ2v) is 7.44. The number of phenolic OH excluding ortho intramolecular Hbond substituents is 1. The van der Waals surface area contributed by atoms with Crippen LogP contribution in [0.15, 0.2) is 18.2 Å². The lowest BCUT2D eigenvalue weighted by molar-refractivity contribution is -0.0226. The average Bonchev–Trinajstić information content (AvgIpc) is 2.74. The molecule has 0 heterocycles. The highest BCUT2D eigenvalue weighted by atomic mass is 16.3. The Hall–Kier alpha value is -1.02. The lowest BCUT2D eigenvalue weighted by atomic mass is 9.55. The molecule has 20 heavy (non-hydrogen) atoms. The Labute approximate surface area is 120 Å². The normalized spacial score (nSPS) is 42.7. The molecule has 0 saturated heterocycles. The quantitative estimate of drug-likeness (QED) is 0.757. The number of aryl methyl sites for hydroxylation is 1. The highest BCUT2D eigenvalue weighted by molar-refractivity contribution is 5.40. The molecule has 0 amide bonds. The van der Waals surface area contributed by atoms with Crippen LogP contribution < -0.4 is 0 Å². The number of aromatic hydroxyl groups is 1. The molecule has 1 aromatic carbocycles. The van der Waals surface area contributed by atoms with Gasteiger partial charge in [-0.2, -0.15) is 0 Å². The van der Waals surface area contributed by atoms with Crippen LogP contribution >= 0.6 is 0 Å². The molecule has 0 aromatic heterocycles. The van der Waals surface area contributed by atoms with Crippen LogP contribution in [0.3, 0.4) is 0 Å². The summed E-state index contributed by atoms with van der Waals surface area (Å²) in [5.74, 6) is 2.49. The summed E-state index contributed by atoms with van der Waals surface area (Å²) in [5.41, 5.74) is 2.99. The Bertz CT molecular complexity index is 538. The van der Waals surface area contributed by atoms with Gasteiger partial charge in [-0.3, -0.25) is 0 Å². The van der Waals surface area contributed by atoms with Crippen LogP contribution in [0.25, 0.3) is 0 Å². The zero-order chi connectivity index (χ0) is 13.9. The van der Waals surface area contributed by atoms with Gasteiger partial charge in [0.2, 0.25) is 0 Å². The summed E-state index contributed by atoms with van der Waals surface area (Å²) in [6.45, 7) is 2.32. The molecule has 0 radical (unpaired) electrons. The van der Waals surface area contributed by atoms with Crippen LogP contribution in [-0.2, 0) is 6.42 Å². The second-order valence-electron chi connectivity index (χ2n) is 7.44. The Morgan fingerprint density at radius 1 is 1.15 bits per heavy atom. The number of fused-ring (bicyclic) bond motifs is 5. The van der Waals surface area contributed by atoms with Crippen molar-refractivity contribution in [1.82, 2.24) is 0 Å². The molecule has 2 fully saturated rings. The maximum Gasteiger partial charge on any atom is 0.115 e. The van der Waals surface area contributed by atoms with Crippen molar-refractivity contribution in [2.45, 2.75) is 57.5 Å². The Balaban J connectivity index is 1.71. The molecule has 3 aliphatic carbocycles. The van der Waals surface area contributed by atoms with Gasteiger partial charge in [0.1, 0.15) is 5.75 Å². The van der Waals surface area contributed by atoms with Crippen molar-refractivity contribution in [2.75, 3.05) is 0 Å². The third-order valence-electron chi connectivity index (χ3n) is 6.66. The smallest absolute Gasteiger partial charge is 0.115 e. The minimum Gasteiger partial charge on any atom is -0.508 e. The predicted octanol–water partition coefficient (Wildman–Crippen LogP) is 3.61. The van der Waals surface area contributed by atoms with E-state index in [-0.39, 0.29) is 11.5 Å². The van der Waals surface area contributed by atoms with Crippen LogP contribution in [0.1, 0.15) is 56.1 Å². The first-order valence-corrected chi connectivity index (χ1v) is 8.09. The number of aliphatic hydroxyl groups excluding tert-OH is 1. The predicted molar refractivity (Wildman–Crippen MR) is 78.7 cm³/mol. The van der Waals surface area contributed by atoms with Crippen molar-refractivity contribution < 1.29 is 10.2 Å². The monoisotopic (exact) mass is 272 g/mol. The van der Waals surface area contributed by atoms with Crippen molar-refractivity contribution >= 4 is 0 Å². The summed E-state index contributed by atoms with van der Waals surface area (Å²) in [7, 11) is 0. The van der Waals surface area contributed by atoms with E-state index in [9.17, 15) is 10.2 Å². The molecule has 5 atom stereocenters. The van der Waals surface area contributed by atoms with E-state index in [0.29, 0.717) is 17.6 Å². The largest absolute Gasteiger partial charge is 0.508 e. The highest BCUT2D eigenvalue weighted by Gasteiger charge is 2.54. The highest BCUT2D eigenvalue weighted by Crippen LogP contribution is 2.60. The number of phenols is 1. The van der Waals surface area contributed by atoms with E-state index in [4.69, 9.17) is 0 Å². The third-order valence-corrected chi connectivity index (χ3v) is 6.66. The van der Waals surface area contributed by atoms with Gasteiger partial charge < -0.3 is 10.2 Å². The molecule has 2 heteroatoms. The molecule has 2 nitrogen and oxygen atoms in total. The number of rotatable bonds is 0.